The molecule has 0 unspecified atom stereocenters. The molecule has 0 saturated carbocycles. The highest BCUT2D eigenvalue weighted by Gasteiger charge is 2.04. The van der Waals surface area contributed by atoms with Crippen molar-refractivity contribution in [3.63, 3.8) is 0 Å². The lowest BCUT2D eigenvalue weighted by molar-refractivity contribution is 0.742. The van der Waals surface area contributed by atoms with E-state index in [1.54, 1.807) is 0 Å². The molecule has 0 spiro atoms. The van der Waals surface area contributed by atoms with Gasteiger partial charge in [-0.05, 0) is 10.4 Å². The minimum Gasteiger partial charge on any atom is -0.370 e. The minimum atomic E-state index is -0.657. The van der Waals surface area contributed by atoms with Gasteiger partial charge in [0.05, 0.1) is 0 Å². The molecular formula is C2H5N7. The number of nitrogens with two attached hydrogens (primary N) is 2. The molecule has 1 heterocycles. The number of aliphatic imine (C=N–C) groups is 1. The van der Waals surface area contributed by atoms with E-state index in [4.69, 9.17) is 11.5 Å². The topological polar surface area (TPSA) is 114 Å². The van der Waals surface area contributed by atoms with E-state index < -0.39 is 6.29 Å². The lowest BCUT2D eigenvalue weighted by Gasteiger charge is -1.90. The van der Waals surface area contributed by atoms with Gasteiger partial charge in [0.1, 0.15) is 0 Å². The average molecular weight is 127 g/mol. The first-order valence-electron chi connectivity index (χ1n) is 2.18. The zero-order chi connectivity index (χ0) is 6.69. The van der Waals surface area contributed by atoms with E-state index in [1.165, 1.54) is 0 Å². The van der Waals surface area contributed by atoms with Crippen LogP contribution in [0.2, 0.25) is 0 Å². The standard InChI is InChI=1S/C2H5N7/c3-1(4)5-2-6-8-9-7-2/h2H,(H4,3,4,5). The van der Waals surface area contributed by atoms with Gasteiger partial charge >= 0.3 is 0 Å². The number of guanidine groups is 1. The summed E-state index contributed by atoms with van der Waals surface area (Å²) >= 11 is 0. The number of hydrogen-bond acceptors (Lipinski definition) is 5. The molecule has 0 amide bonds. The van der Waals surface area contributed by atoms with Gasteiger partial charge in [-0.1, -0.05) is 0 Å². The Morgan fingerprint density at radius 1 is 1.22 bits per heavy atom. The fourth-order valence-corrected chi connectivity index (χ4v) is 0.347. The van der Waals surface area contributed by atoms with E-state index in [9.17, 15) is 0 Å². The molecule has 4 N–H and O–H groups in total. The van der Waals surface area contributed by atoms with Crippen LogP contribution in [0.15, 0.2) is 25.7 Å². The molecule has 7 heteroatoms. The van der Waals surface area contributed by atoms with Gasteiger partial charge in [0, 0.05) is 0 Å². The van der Waals surface area contributed by atoms with Crippen molar-refractivity contribution in [1.82, 2.24) is 0 Å². The molecule has 7 nitrogen and oxygen atoms in total. The monoisotopic (exact) mass is 127 g/mol. The maximum absolute atomic E-state index is 5.00. The fraction of sp³-hybridized carbons (Fsp3) is 0.500. The van der Waals surface area contributed by atoms with E-state index >= 15 is 0 Å². The van der Waals surface area contributed by atoms with Crippen LogP contribution >= 0.6 is 0 Å². The van der Waals surface area contributed by atoms with E-state index in [1.807, 2.05) is 0 Å². The summed E-state index contributed by atoms with van der Waals surface area (Å²) in [5, 5.41) is 13.2. The van der Waals surface area contributed by atoms with Crippen molar-refractivity contribution < 1.29 is 0 Å². The maximum atomic E-state index is 5.00. The van der Waals surface area contributed by atoms with Gasteiger partial charge in [0.2, 0.25) is 0 Å². The van der Waals surface area contributed by atoms with Crippen LogP contribution in [0.3, 0.4) is 0 Å². The van der Waals surface area contributed by atoms with Gasteiger partial charge in [-0.15, -0.1) is 10.2 Å². The van der Waals surface area contributed by atoms with Gasteiger partial charge in [-0.25, -0.2) is 4.99 Å². The van der Waals surface area contributed by atoms with Crippen LogP contribution in [0.25, 0.3) is 0 Å². The summed E-state index contributed by atoms with van der Waals surface area (Å²) < 4.78 is 0. The summed E-state index contributed by atoms with van der Waals surface area (Å²) in [6, 6.07) is 0. The third kappa shape index (κ3) is 1.44. The molecule has 0 radical (unpaired) electrons. The second kappa shape index (κ2) is 2.16. The largest absolute Gasteiger partial charge is 0.370 e. The molecule has 1 aliphatic rings. The molecule has 0 aromatic rings. The molecule has 0 bridgehead atoms. The summed E-state index contributed by atoms with van der Waals surface area (Å²) in [7, 11) is 0. The Morgan fingerprint density at radius 3 is 2.22 bits per heavy atom. The third-order valence-corrected chi connectivity index (χ3v) is 0.614. The van der Waals surface area contributed by atoms with E-state index in [-0.39, 0.29) is 5.96 Å². The molecule has 1 rings (SSSR count). The first-order chi connectivity index (χ1) is 4.29. The Bertz CT molecular complexity index is 161. The van der Waals surface area contributed by atoms with Gasteiger partial charge in [0.15, 0.2) is 5.96 Å². The zero-order valence-corrected chi connectivity index (χ0v) is 4.47. The summed E-state index contributed by atoms with van der Waals surface area (Å²) in [4.78, 5) is 3.53. The number of hydrogen-bond donors (Lipinski definition) is 2. The third-order valence-electron chi connectivity index (χ3n) is 0.614. The van der Waals surface area contributed by atoms with Crippen molar-refractivity contribution >= 4 is 5.96 Å². The van der Waals surface area contributed by atoms with Crippen LogP contribution in [-0.2, 0) is 0 Å². The van der Waals surface area contributed by atoms with Crippen molar-refractivity contribution in [2.24, 2.45) is 37.1 Å². The highest BCUT2D eigenvalue weighted by molar-refractivity contribution is 5.75. The van der Waals surface area contributed by atoms with Crippen LogP contribution in [0, 0.1) is 0 Å². The quantitative estimate of drug-likeness (QED) is 0.361. The fourth-order valence-electron chi connectivity index (χ4n) is 0.347. The average Bonchev–Trinajstić information content (AvgIpc) is 2.15. The summed E-state index contributed by atoms with van der Waals surface area (Å²) in [6.07, 6.45) is -0.657. The van der Waals surface area contributed by atoms with Crippen molar-refractivity contribution in [3.05, 3.63) is 0 Å². The first-order valence-corrected chi connectivity index (χ1v) is 2.18. The Kier molecular flexibility index (Phi) is 1.34. The van der Waals surface area contributed by atoms with Crippen LogP contribution in [-0.4, -0.2) is 12.2 Å². The number of rotatable bonds is 1. The number of nitrogens with zero attached hydrogens (tertiary/aromatic N) is 5. The smallest absolute Gasteiger partial charge is 0.278 e. The van der Waals surface area contributed by atoms with Crippen LogP contribution in [0.4, 0.5) is 0 Å². The maximum Gasteiger partial charge on any atom is 0.278 e. The molecule has 0 aromatic heterocycles. The molecule has 0 saturated heterocycles. The Hall–Kier alpha value is -1.53. The van der Waals surface area contributed by atoms with Gasteiger partial charge in [0.25, 0.3) is 6.29 Å². The molecular weight excluding hydrogens is 122 g/mol. The van der Waals surface area contributed by atoms with Gasteiger partial charge < -0.3 is 11.5 Å². The molecule has 0 fully saturated rings. The molecule has 0 aliphatic carbocycles. The Labute approximate surface area is 50.5 Å². The van der Waals surface area contributed by atoms with Gasteiger partial charge in [-0.3, -0.25) is 0 Å². The Morgan fingerprint density at radius 2 is 1.78 bits per heavy atom. The second-order valence-electron chi connectivity index (χ2n) is 1.31. The van der Waals surface area contributed by atoms with Crippen molar-refractivity contribution in [2.75, 3.05) is 0 Å². The van der Waals surface area contributed by atoms with E-state index in [2.05, 4.69) is 25.7 Å². The van der Waals surface area contributed by atoms with Crippen LogP contribution in [0.5, 0.6) is 0 Å². The summed E-state index contributed by atoms with van der Waals surface area (Å²) in [6.45, 7) is 0. The Balaban J connectivity index is 2.56. The van der Waals surface area contributed by atoms with E-state index in [0.717, 1.165) is 0 Å². The normalized spacial score (nSPS) is 16.4. The highest BCUT2D eigenvalue weighted by Crippen LogP contribution is 2.04. The van der Waals surface area contributed by atoms with Crippen molar-refractivity contribution in [3.8, 4) is 0 Å². The highest BCUT2D eigenvalue weighted by atomic mass is 15.6. The van der Waals surface area contributed by atoms with Crippen molar-refractivity contribution in [1.29, 1.82) is 0 Å². The summed E-state index contributed by atoms with van der Waals surface area (Å²) in [5.41, 5.74) is 9.99. The summed E-state index contributed by atoms with van der Waals surface area (Å²) in [5.74, 6) is -0.0696. The predicted octanol–water partition coefficient (Wildman–Crippen LogP) is -0.624. The lowest BCUT2D eigenvalue weighted by Crippen LogP contribution is -2.24. The predicted molar refractivity (Wildman–Crippen MR) is 29.3 cm³/mol. The molecule has 1 aliphatic heterocycles. The minimum absolute atomic E-state index is 0.0696. The molecule has 0 aromatic carbocycles. The van der Waals surface area contributed by atoms with E-state index in [0.29, 0.717) is 0 Å². The molecule has 9 heavy (non-hydrogen) atoms. The SMILES string of the molecule is NC(N)=NC1N=NN=N1. The molecule has 0 atom stereocenters. The van der Waals surface area contributed by atoms with Crippen LogP contribution in [0.1, 0.15) is 0 Å². The zero-order valence-electron chi connectivity index (χ0n) is 4.47. The molecule has 48 valence electrons. The first kappa shape index (κ1) is 5.60. The van der Waals surface area contributed by atoms with Crippen LogP contribution < -0.4 is 11.5 Å². The second-order valence-corrected chi connectivity index (χ2v) is 1.31. The van der Waals surface area contributed by atoms with Crippen molar-refractivity contribution in [2.45, 2.75) is 6.29 Å². The lowest BCUT2D eigenvalue weighted by atomic mass is 10.9. The van der Waals surface area contributed by atoms with Gasteiger partial charge in [-0.2, -0.15) is 0 Å².